The molecule has 0 aliphatic carbocycles. The highest BCUT2D eigenvalue weighted by molar-refractivity contribution is 7.99. The molecule has 0 radical (unpaired) electrons. The summed E-state index contributed by atoms with van der Waals surface area (Å²) >= 11 is 7.60. The maximum atomic E-state index is 9.41. The summed E-state index contributed by atoms with van der Waals surface area (Å²) in [6.45, 7) is 1.48. The fraction of sp³-hybridized carbons (Fsp3) is 0.333. The van der Waals surface area contributed by atoms with Crippen LogP contribution in [0.15, 0.2) is 40.5 Å². The van der Waals surface area contributed by atoms with E-state index in [9.17, 15) is 5.11 Å². The lowest BCUT2D eigenvalue weighted by Crippen LogP contribution is -2.53. The normalized spacial score (nSPS) is 16.5. The van der Waals surface area contributed by atoms with Gasteiger partial charge in [-0.25, -0.2) is 19.9 Å². The Morgan fingerprint density at radius 3 is 2.71 bits per heavy atom. The Kier molecular flexibility index (Phi) is 5.24. The van der Waals surface area contributed by atoms with Gasteiger partial charge in [-0.3, -0.25) is 0 Å². The smallest absolute Gasteiger partial charge is 0.179 e. The quantitative estimate of drug-likeness (QED) is 0.584. The molecular formula is C18H20ClN7OS. The van der Waals surface area contributed by atoms with Gasteiger partial charge >= 0.3 is 0 Å². The molecule has 0 unspecified atom stereocenters. The van der Waals surface area contributed by atoms with Crippen LogP contribution in [-0.4, -0.2) is 50.3 Å². The average molecular weight is 418 g/mol. The molecule has 0 bridgehead atoms. The Labute approximate surface area is 171 Å². The fourth-order valence-electron chi connectivity index (χ4n) is 3.06. The second kappa shape index (κ2) is 7.67. The number of nitrogens with two attached hydrogens (primary N) is 2. The number of nitrogens with zero attached hydrogens (tertiary/aromatic N) is 5. The lowest BCUT2D eigenvalue weighted by Gasteiger charge is -2.38. The first-order chi connectivity index (χ1) is 13.5. The largest absolute Gasteiger partial charge is 0.394 e. The number of pyridine rings is 2. The molecule has 28 heavy (non-hydrogen) atoms. The third-order valence-electron chi connectivity index (χ3n) is 4.86. The molecule has 0 saturated carbocycles. The summed E-state index contributed by atoms with van der Waals surface area (Å²) in [5, 5.41) is 10.6. The molecule has 8 nitrogen and oxygen atoms in total. The molecule has 3 aromatic heterocycles. The van der Waals surface area contributed by atoms with Gasteiger partial charge in [0, 0.05) is 29.7 Å². The molecule has 5 N–H and O–H groups in total. The molecule has 4 rings (SSSR count). The van der Waals surface area contributed by atoms with Crippen LogP contribution in [0.3, 0.4) is 0 Å². The van der Waals surface area contributed by atoms with Crippen molar-refractivity contribution in [2.75, 3.05) is 30.3 Å². The third kappa shape index (κ3) is 3.83. The first-order valence-electron chi connectivity index (χ1n) is 8.84. The van der Waals surface area contributed by atoms with Gasteiger partial charge in [-0.2, -0.15) is 0 Å². The van der Waals surface area contributed by atoms with E-state index >= 15 is 0 Å². The Bertz CT molecular complexity index is 1010. The zero-order valence-corrected chi connectivity index (χ0v) is 16.6. The summed E-state index contributed by atoms with van der Waals surface area (Å²) < 4.78 is 0. The highest BCUT2D eigenvalue weighted by Crippen LogP contribution is 2.34. The first-order valence-corrected chi connectivity index (χ1v) is 10.0. The van der Waals surface area contributed by atoms with Crippen molar-refractivity contribution >= 4 is 46.2 Å². The minimum Gasteiger partial charge on any atom is -0.394 e. The van der Waals surface area contributed by atoms with E-state index in [0.717, 1.165) is 28.8 Å². The van der Waals surface area contributed by atoms with E-state index in [4.69, 9.17) is 23.1 Å². The number of rotatable bonds is 4. The molecular weight excluding hydrogens is 398 g/mol. The predicted molar refractivity (Wildman–Crippen MR) is 111 cm³/mol. The topological polar surface area (TPSA) is 127 Å². The second-order valence-corrected chi connectivity index (χ2v) is 8.28. The van der Waals surface area contributed by atoms with Gasteiger partial charge in [-0.15, -0.1) is 0 Å². The van der Waals surface area contributed by atoms with Crippen LogP contribution in [0.5, 0.6) is 0 Å². The lowest BCUT2D eigenvalue weighted by atomic mass is 9.90. The lowest BCUT2D eigenvalue weighted by molar-refractivity contribution is 0.170. The number of hydrogen-bond acceptors (Lipinski definition) is 9. The van der Waals surface area contributed by atoms with E-state index in [1.165, 1.54) is 11.8 Å². The van der Waals surface area contributed by atoms with Crippen LogP contribution >= 0.6 is 23.4 Å². The Morgan fingerprint density at radius 2 is 1.96 bits per heavy atom. The number of piperidine rings is 1. The third-order valence-corrected chi connectivity index (χ3v) is 6.37. The highest BCUT2D eigenvalue weighted by atomic mass is 35.5. The zero-order valence-electron chi connectivity index (χ0n) is 15.0. The van der Waals surface area contributed by atoms with E-state index in [1.807, 2.05) is 12.1 Å². The second-order valence-electron chi connectivity index (χ2n) is 6.84. The first kappa shape index (κ1) is 19.1. The van der Waals surface area contributed by atoms with Crippen molar-refractivity contribution in [3.05, 3.63) is 35.6 Å². The van der Waals surface area contributed by atoms with Gasteiger partial charge in [-0.1, -0.05) is 23.4 Å². The fourth-order valence-corrected chi connectivity index (χ4v) is 4.10. The van der Waals surface area contributed by atoms with Crippen molar-refractivity contribution in [2.45, 2.75) is 28.3 Å². The Morgan fingerprint density at radius 1 is 1.18 bits per heavy atom. The SMILES string of the molecule is Nc1nccc(Sc2ccc3nc(N4CCC(N)(CO)CC4)cnc3n2)c1Cl. The van der Waals surface area contributed by atoms with Gasteiger partial charge in [0.25, 0.3) is 0 Å². The maximum absolute atomic E-state index is 9.41. The molecule has 0 atom stereocenters. The van der Waals surface area contributed by atoms with Crippen LogP contribution in [0.4, 0.5) is 11.6 Å². The van der Waals surface area contributed by atoms with E-state index in [-0.39, 0.29) is 6.61 Å². The molecule has 0 spiro atoms. The van der Waals surface area contributed by atoms with Crippen molar-refractivity contribution in [2.24, 2.45) is 5.73 Å². The molecule has 1 saturated heterocycles. The van der Waals surface area contributed by atoms with E-state index < -0.39 is 5.54 Å². The number of aliphatic hydroxyl groups is 1. The van der Waals surface area contributed by atoms with Gasteiger partial charge in [0.05, 0.1) is 17.8 Å². The van der Waals surface area contributed by atoms with E-state index in [2.05, 4.69) is 24.8 Å². The van der Waals surface area contributed by atoms with Gasteiger partial charge in [-0.05, 0) is 31.0 Å². The molecule has 0 aromatic carbocycles. The maximum Gasteiger partial charge on any atom is 0.179 e. The van der Waals surface area contributed by atoms with E-state index in [1.54, 1.807) is 18.5 Å². The zero-order chi connectivity index (χ0) is 19.7. The van der Waals surface area contributed by atoms with Gasteiger partial charge in [0.1, 0.15) is 22.2 Å². The summed E-state index contributed by atoms with van der Waals surface area (Å²) in [6, 6.07) is 5.57. The molecule has 1 aliphatic rings. The van der Waals surface area contributed by atoms with Crippen LogP contribution in [0.1, 0.15) is 12.8 Å². The minimum atomic E-state index is -0.494. The van der Waals surface area contributed by atoms with Gasteiger partial charge in [0.15, 0.2) is 5.65 Å². The number of fused-ring (bicyclic) bond motifs is 1. The van der Waals surface area contributed by atoms with Crippen LogP contribution in [0, 0.1) is 0 Å². The van der Waals surface area contributed by atoms with E-state index in [0.29, 0.717) is 34.8 Å². The molecule has 10 heteroatoms. The summed E-state index contributed by atoms with van der Waals surface area (Å²) in [5.41, 5.74) is 12.7. The average Bonchev–Trinajstić information content (AvgIpc) is 2.72. The number of nitrogen functional groups attached to an aromatic ring is 1. The summed E-state index contributed by atoms with van der Waals surface area (Å²) in [4.78, 5) is 20.6. The summed E-state index contributed by atoms with van der Waals surface area (Å²) in [6.07, 6.45) is 4.77. The molecule has 3 aromatic rings. The van der Waals surface area contributed by atoms with Crippen molar-refractivity contribution in [3.8, 4) is 0 Å². The molecule has 1 aliphatic heterocycles. The molecule has 1 fully saturated rings. The van der Waals surface area contributed by atoms with Crippen molar-refractivity contribution in [1.29, 1.82) is 0 Å². The van der Waals surface area contributed by atoms with Crippen LogP contribution in [-0.2, 0) is 0 Å². The standard InChI is InChI=1S/C18H20ClN7OS/c19-15-12(3-6-22-16(15)20)28-14-2-1-11-17(25-14)23-9-13(24-11)26-7-4-18(21,10-27)5-8-26/h1-3,6,9,27H,4-5,7-8,10,21H2,(H2,20,22). The summed E-state index contributed by atoms with van der Waals surface area (Å²) in [7, 11) is 0. The molecule has 0 amide bonds. The van der Waals surface area contributed by atoms with Crippen LogP contribution < -0.4 is 16.4 Å². The highest BCUT2D eigenvalue weighted by Gasteiger charge is 2.30. The summed E-state index contributed by atoms with van der Waals surface area (Å²) in [5.74, 6) is 1.08. The number of aliphatic hydroxyl groups excluding tert-OH is 1. The van der Waals surface area contributed by atoms with Crippen LogP contribution in [0.25, 0.3) is 11.2 Å². The molecule has 146 valence electrons. The minimum absolute atomic E-state index is 0.00173. The number of aromatic nitrogens is 4. The number of hydrogen-bond donors (Lipinski definition) is 3. The molecule has 4 heterocycles. The van der Waals surface area contributed by atoms with Crippen molar-refractivity contribution < 1.29 is 5.11 Å². The predicted octanol–water partition coefficient (Wildman–Crippen LogP) is 2.10. The number of anilines is 2. The Hall–Kier alpha value is -2.20. The monoisotopic (exact) mass is 417 g/mol. The van der Waals surface area contributed by atoms with Gasteiger partial charge in [0.2, 0.25) is 0 Å². The van der Waals surface area contributed by atoms with Crippen LogP contribution in [0.2, 0.25) is 5.02 Å². The van der Waals surface area contributed by atoms with Crippen molar-refractivity contribution in [1.82, 2.24) is 19.9 Å². The Balaban J connectivity index is 1.54. The van der Waals surface area contributed by atoms with Gasteiger partial charge < -0.3 is 21.5 Å². The van der Waals surface area contributed by atoms with Crippen molar-refractivity contribution in [3.63, 3.8) is 0 Å². The number of halogens is 1.